The predicted molar refractivity (Wildman–Crippen MR) is 90.5 cm³/mol. The van der Waals surface area contributed by atoms with E-state index in [0.717, 1.165) is 12.8 Å². The van der Waals surface area contributed by atoms with Crippen LogP contribution in [0, 0.1) is 12.3 Å². The first-order chi connectivity index (χ1) is 10.5. The molecule has 6 nitrogen and oxygen atoms in total. The van der Waals surface area contributed by atoms with E-state index in [-0.39, 0.29) is 17.8 Å². The average Bonchev–Trinajstić information content (AvgIpc) is 2.65. The van der Waals surface area contributed by atoms with Crippen LogP contribution < -0.4 is 10.6 Å². The zero-order chi connectivity index (χ0) is 18.3. The Morgan fingerprint density at radius 2 is 2.04 bits per heavy atom. The van der Waals surface area contributed by atoms with Crippen molar-refractivity contribution < 1.29 is 14.4 Å². The Morgan fingerprint density at radius 3 is 2.39 bits per heavy atom. The van der Waals surface area contributed by atoms with Gasteiger partial charge in [0.1, 0.15) is 5.54 Å². The molecule has 1 saturated heterocycles. The van der Waals surface area contributed by atoms with Crippen LogP contribution in [-0.2, 0) is 9.59 Å². The zero-order valence-electron chi connectivity index (χ0n) is 14.7. The molecule has 6 heteroatoms. The van der Waals surface area contributed by atoms with Gasteiger partial charge in [-0.3, -0.25) is 14.5 Å². The number of rotatable bonds is 5. The lowest BCUT2D eigenvalue weighted by Gasteiger charge is -2.17. The molecule has 0 aromatic rings. The Bertz CT molecular complexity index is 516. The normalized spacial score (nSPS) is 15.9. The van der Waals surface area contributed by atoms with Crippen LogP contribution in [0.15, 0.2) is 12.7 Å². The average molecular weight is 321 g/mol. The molecule has 4 amide bonds. The van der Waals surface area contributed by atoms with E-state index in [1.165, 1.54) is 11.0 Å². The van der Waals surface area contributed by atoms with E-state index in [1.54, 1.807) is 27.7 Å². The number of hydrogen-bond acceptors (Lipinski definition) is 3. The molecule has 128 valence electrons. The molecule has 0 aromatic heterocycles. The molecule has 0 radical (unpaired) electrons. The Labute approximate surface area is 138 Å². The van der Waals surface area contributed by atoms with Crippen molar-refractivity contribution in [1.29, 1.82) is 0 Å². The largest absolute Gasteiger partial charge is 0.337 e. The molecular weight excluding hydrogens is 294 g/mol. The molecule has 1 aliphatic rings. The van der Waals surface area contributed by atoms with Gasteiger partial charge >= 0.3 is 6.03 Å². The molecule has 2 N–H and O–H groups in total. The zero-order valence-corrected chi connectivity index (χ0v) is 14.7. The second-order valence-electron chi connectivity index (χ2n) is 6.33. The van der Waals surface area contributed by atoms with Crippen molar-refractivity contribution in [2.45, 2.75) is 58.5 Å². The topological polar surface area (TPSA) is 78.5 Å². The molecule has 23 heavy (non-hydrogen) atoms. The number of carbonyl (C=O) groups is 3. The van der Waals surface area contributed by atoms with Gasteiger partial charge in [0, 0.05) is 6.54 Å². The van der Waals surface area contributed by atoms with Crippen LogP contribution in [0.25, 0.3) is 0 Å². The monoisotopic (exact) mass is 321 g/mol. The third kappa shape index (κ3) is 6.55. The fourth-order valence-corrected chi connectivity index (χ4v) is 1.73. The number of nitrogens with zero attached hydrogens (tertiary/aromatic N) is 1. The fourth-order valence-electron chi connectivity index (χ4n) is 1.73. The SMILES string of the molecule is C#CC(C)(C)NC(=O)C=C.CCCCN1C(=O)NC(C)(C)C1=O. The Hall–Kier alpha value is -2.29. The molecule has 0 unspecified atom stereocenters. The van der Waals surface area contributed by atoms with E-state index in [1.807, 2.05) is 6.92 Å². The highest BCUT2D eigenvalue weighted by Crippen LogP contribution is 2.16. The van der Waals surface area contributed by atoms with Gasteiger partial charge in [-0.2, -0.15) is 0 Å². The third-order valence-electron chi connectivity index (χ3n) is 3.16. The van der Waals surface area contributed by atoms with Crippen LogP contribution in [-0.4, -0.2) is 40.4 Å². The van der Waals surface area contributed by atoms with Crippen LogP contribution >= 0.6 is 0 Å². The number of imide groups is 1. The van der Waals surface area contributed by atoms with Crippen LogP contribution in [0.3, 0.4) is 0 Å². The second-order valence-corrected chi connectivity index (χ2v) is 6.33. The van der Waals surface area contributed by atoms with Gasteiger partial charge in [0.05, 0.1) is 5.54 Å². The van der Waals surface area contributed by atoms with Crippen LogP contribution in [0.4, 0.5) is 4.79 Å². The minimum atomic E-state index is -0.717. The summed E-state index contributed by atoms with van der Waals surface area (Å²) in [5, 5.41) is 5.20. The molecule has 1 aliphatic heterocycles. The number of unbranched alkanes of at least 4 members (excludes halogenated alkanes) is 1. The second kappa shape index (κ2) is 8.37. The number of nitrogens with one attached hydrogen (secondary N) is 2. The Kier molecular flexibility index (Phi) is 7.54. The first kappa shape index (κ1) is 20.7. The molecule has 0 aromatic carbocycles. The van der Waals surface area contributed by atoms with E-state index in [4.69, 9.17) is 6.42 Å². The van der Waals surface area contributed by atoms with Crippen molar-refractivity contribution in [3.63, 3.8) is 0 Å². The first-order valence-electron chi connectivity index (χ1n) is 7.57. The summed E-state index contributed by atoms with van der Waals surface area (Å²) in [5.74, 6) is 2.06. The van der Waals surface area contributed by atoms with Crippen molar-refractivity contribution in [3.05, 3.63) is 12.7 Å². The lowest BCUT2D eigenvalue weighted by Crippen LogP contribution is -2.41. The van der Waals surface area contributed by atoms with Gasteiger partial charge in [0.2, 0.25) is 5.91 Å². The molecular formula is C17H27N3O3. The first-order valence-corrected chi connectivity index (χ1v) is 7.57. The summed E-state index contributed by atoms with van der Waals surface area (Å²) in [6.45, 7) is 12.8. The summed E-state index contributed by atoms with van der Waals surface area (Å²) in [6.07, 6.45) is 8.16. The molecule has 0 aliphatic carbocycles. The molecule has 1 heterocycles. The van der Waals surface area contributed by atoms with Gasteiger partial charge in [-0.05, 0) is 40.2 Å². The quantitative estimate of drug-likeness (QED) is 0.460. The lowest BCUT2D eigenvalue weighted by atomic mass is 10.1. The van der Waals surface area contributed by atoms with Crippen LogP contribution in [0.5, 0.6) is 0 Å². The Morgan fingerprint density at radius 1 is 1.48 bits per heavy atom. The molecule has 1 rings (SSSR count). The molecule has 0 bridgehead atoms. The van der Waals surface area contributed by atoms with Crippen molar-refractivity contribution in [3.8, 4) is 12.3 Å². The fraction of sp³-hybridized carbons (Fsp3) is 0.588. The summed E-state index contributed by atoms with van der Waals surface area (Å²) in [7, 11) is 0. The number of amides is 4. The van der Waals surface area contributed by atoms with E-state index in [2.05, 4.69) is 23.1 Å². The van der Waals surface area contributed by atoms with Gasteiger partial charge in [-0.15, -0.1) is 6.42 Å². The number of carbonyl (C=O) groups excluding carboxylic acids is 3. The summed E-state index contributed by atoms with van der Waals surface area (Å²) < 4.78 is 0. The standard InChI is InChI=1S/C9H16N2O2.C8H11NO/c1-4-5-6-11-7(12)9(2,3)10-8(11)13;1-5-7(10)9-8(3,4)6-2/h4-6H2,1-3H3,(H,10,13);2,5H,1H2,3-4H3,(H,9,10). The van der Waals surface area contributed by atoms with E-state index in [0.29, 0.717) is 6.54 Å². The number of urea groups is 1. The minimum Gasteiger partial charge on any atom is -0.337 e. The molecule has 0 saturated carbocycles. The van der Waals surface area contributed by atoms with E-state index in [9.17, 15) is 14.4 Å². The maximum absolute atomic E-state index is 11.6. The highest BCUT2D eigenvalue weighted by Gasteiger charge is 2.43. The van der Waals surface area contributed by atoms with E-state index >= 15 is 0 Å². The number of terminal acetylenes is 1. The molecule has 1 fully saturated rings. The van der Waals surface area contributed by atoms with Gasteiger partial charge in [-0.25, -0.2) is 4.79 Å². The van der Waals surface area contributed by atoms with E-state index < -0.39 is 11.1 Å². The highest BCUT2D eigenvalue weighted by atomic mass is 16.2. The highest BCUT2D eigenvalue weighted by molar-refractivity contribution is 6.06. The summed E-state index contributed by atoms with van der Waals surface area (Å²) in [4.78, 5) is 34.8. The van der Waals surface area contributed by atoms with Crippen molar-refractivity contribution in [2.24, 2.45) is 0 Å². The van der Waals surface area contributed by atoms with Gasteiger partial charge < -0.3 is 10.6 Å². The van der Waals surface area contributed by atoms with Crippen LogP contribution in [0.1, 0.15) is 47.5 Å². The van der Waals surface area contributed by atoms with Gasteiger partial charge in [0.25, 0.3) is 5.91 Å². The van der Waals surface area contributed by atoms with Crippen molar-refractivity contribution in [1.82, 2.24) is 15.5 Å². The summed E-state index contributed by atoms with van der Waals surface area (Å²) in [5.41, 5.74) is -1.30. The molecule has 0 spiro atoms. The van der Waals surface area contributed by atoms with Gasteiger partial charge in [-0.1, -0.05) is 25.8 Å². The van der Waals surface area contributed by atoms with Gasteiger partial charge in [0.15, 0.2) is 0 Å². The van der Waals surface area contributed by atoms with Crippen LogP contribution in [0.2, 0.25) is 0 Å². The predicted octanol–water partition coefficient (Wildman–Crippen LogP) is 1.82. The maximum Gasteiger partial charge on any atom is 0.325 e. The smallest absolute Gasteiger partial charge is 0.325 e. The van der Waals surface area contributed by atoms with Crippen molar-refractivity contribution in [2.75, 3.05) is 6.54 Å². The maximum atomic E-state index is 11.6. The van der Waals surface area contributed by atoms with Crippen molar-refractivity contribution >= 4 is 17.8 Å². The minimum absolute atomic E-state index is 0.119. The third-order valence-corrected chi connectivity index (χ3v) is 3.16. The Balaban J connectivity index is 0.000000438. The lowest BCUT2D eigenvalue weighted by molar-refractivity contribution is -0.130. The molecule has 0 atom stereocenters. The number of hydrogen-bond donors (Lipinski definition) is 2. The summed E-state index contributed by atoms with van der Waals surface area (Å²) >= 11 is 0. The summed E-state index contributed by atoms with van der Waals surface area (Å²) in [6, 6.07) is -0.261.